The topological polar surface area (TPSA) is 69.4 Å². The fraction of sp³-hybridized carbons (Fsp3) is 0.136. The number of rotatable bonds is 5. The Morgan fingerprint density at radius 2 is 1.57 bits per heavy atom. The minimum absolute atomic E-state index is 0.0816. The van der Waals surface area contributed by atoms with Gasteiger partial charge in [0.2, 0.25) is 0 Å². The molecular formula is C22H18ClNO4. The van der Waals surface area contributed by atoms with E-state index in [0.29, 0.717) is 27.3 Å². The zero-order chi connectivity index (χ0) is 20.3. The van der Waals surface area contributed by atoms with Crippen LogP contribution in [0.3, 0.4) is 0 Å². The normalized spacial score (nSPS) is 10.5. The van der Waals surface area contributed by atoms with Crippen molar-refractivity contribution >= 4 is 23.3 Å². The molecule has 0 aromatic heterocycles. The lowest BCUT2D eigenvalue weighted by atomic mass is 9.93. The number of nitro benzene ring substituents is 1. The van der Waals surface area contributed by atoms with Crippen LogP contribution in [0.2, 0.25) is 5.02 Å². The van der Waals surface area contributed by atoms with E-state index in [1.165, 1.54) is 12.1 Å². The van der Waals surface area contributed by atoms with Crippen molar-refractivity contribution in [1.29, 1.82) is 0 Å². The minimum Gasteiger partial charge on any atom is -0.462 e. The summed E-state index contributed by atoms with van der Waals surface area (Å²) in [4.78, 5) is 23.9. The number of carbonyl (C=O) groups excluding carboxylic acids is 1. The van der Waals surface area contributed by atoms with E-state index in [0.717, 1.165) is 5.56 Å². The summed E-state index contributed by atoms with van der Waals surface area (Å²) in [5.41, 5.74) is 3.32. The van der Waals surface area contributed by atoms with Gasteiger partial charge >= 0.3 is 5.97 Å². The zero-order valence-electron chi connectivity index (χ0n) is 15.4. The molecule has 0 saturated carbocycles. The molecule has 0 amide bonds. The number of hydrogen-bond donors (Lipinski definition) is 0. The van der Waals surface area contributed by atoms with Gasteiger partial charge < -0.3 is 4.74 Å². The first-order valence-corrected chi connectivity index (χ1v) is 9.11. The molecule has 3 aromatic carbocycles. The van der Waals surface area contributed by atoms with E-state index in [1.807, 2.05) is 19.1 Å². The van der Waals surface area contributed by atoms with Gasteiger partial charge in [-0.2, -0.15) is 0 Å². The minimum atomic E-state index is -0.532. The van der Waals surface area contributed by atoms with Gasteiger partial charge in [0.25, 0.3) is 5.69 Å². The third-order valence-electron chi connectivity index (χ3n) is 4.35. The fourth-order valence-corrected chi connectivity index (χ4v) is 3.08. The molecule has 0 unspecified atom stereocenters. The monoisotopic (exact) mass is 395 g/mol. The summed E-state index contributed by atoms with van der Waals surface area (Å²) in [6.45, 7) is 3.85. The number of hydrogen-bond acceptors (Lipinski definition) is 4. The van der Waals surface area contributed by atoms with Gasteiger partial charge in [-0.1, -0.05) is 53.6 Å². The molecule has 142 valence electrons. The van der Waals surface area contributed by atoms with Crippen LogP contribution in [0.1, 0.15) is 22.8 Å². The van der Waals surface area contributed by atoms with E-state index in [4.69, 9.17) is 16.3 Å². The molecule has 28 heavy (non-hydrogen) atoms. The zero-order valence-corrected chi connectivity index (χ0v) is 16.2. The van der Waals surface area contributed by atoms with Crippen molar-refractivity contribution in [3.63, 3.8) is 0 Å². The summed E-state index contributed by atoms with van der Waals surface area (Å²) in [6, 6.07) is 17.1. The highest BCUT2D eigenvalue weighted by Crippen LogP contribution is 2.37. The average molecular weight is 396 g/mol. The molecule has 0 bridgehead atoms. The fourth-order valence-electron chi connectivity index (χ4n) is 2.95. The van der Waals surface area contributed by atoms with Crippen LogP contribution in [0.15, 0.2) is 60.7 Å². The van der Waals surface area contributed by atoms with Gasteiger partial charge in [0.1, 0.15) is 0 Å². The predicted octanol–water partition coefficient (Wildman–Crippen LogP) is 6.07. The van der Waals surface area contributed by atoms with Crippen LogP contribution >= 0.6 is 11.6 Å². The number of ether oxygens (including phenoxy) is 1. The molecule has 0 fully saturated rings. The van der Waals surface area contributed by atoms with Crippen LogP contribution in [0, 0.1) is 17.0 Å². The molecule has 0 spiro atoms. The van der Waals surface area contributed by atoms with Crippen LogP contribution in [-0.4, -0.2) is 17.5 Å². The standard InChI is InChI=1S/C22H18ClNO4/c1-3-28-22(25)20-12-19(16-6-4-14(2)5-7-16)21(24(26)27)13-18(20)15-8-10-17(23)11-9-15/h4-13H,3H2,1-2H3. The first-order chi connectivity index (χ1) is 13.4. The highest BCUT2D eigenvalue weighted by molar-refractivity contribution is 6.30. The van der Waals surface area contributed by atoms with Crippen LogP contribution in [0.4, 0.5) is 5.69 Å². The molecule has 0 N–H and O–H groups in total. The lowest BCUT2D eigenvalue weighted by molar-refractivity contribution is -0.384. The maximum Gasteiger partial charge on any atom is 0.338 e. The third kappa shape index (κ3) is 4.05. The van der Waals surface area contributed by atoms with Gasteiger partial charge in [0.05, 0.1) is 22.7 Å². The number of nitro groups is 1. The summed E-state index contributed by atoms with van der Waals surface area (Å²) in [5.74, 6) is -0.532. The lowest BCUT2D eigenvalue weighted by Crippen LogP contribution is -2.08. The number of aryl methyl sites for hydroxylation is 1. The first kappa shape index (κ1) is 19.6. The molecule has 0 saturated heterocycles. The number of nitrogens with zero attached hydrogens (tertiary/aromatic N) is 1. The van der Waals surface area contributed by atoms with Crippen LogP contribution in [-0.2, 0) is 4.74 Å². The van der Waals surface area contributed by atoms with E-state index in [1.54, 1.807) is 43.3 Å². The Morgan fingerprint density at radius 3 is 2.14 bits per heavy atom. The van der Waals surface area contributed by atoms with Crippen molar-refractivity contribution in [3.8, 4) is 22.3 Å². The second-order valence-electron chi connectivity index (χ2n) is 6.27. The SMILES string of the molecule is CCOC(=O)c1cc(-c2ccc(C)cc2)c([N+](=O)[O-])cc1-c1ccc(Cl)cc1. The second-order valence-corrected chi connectivity index (χ2v) is 6.70. The Labute approximate surface area is 167 Å². The van der Waals surface area contributed by atoms with E-state index < -0.39 is 10.9 Å². The van der Waals surface area contributed by atoms with E-state index >= 15 is 0 Å². The molecule has 3 rings (SSSR count). The second kappa shape index (κ2) is 8.23. The van der Waals surface area contributed by atoms with Crippen molar-refractivity contribution in [2.75, 3.05) is 6.61 Å². The van der Waals surface area contributed by atoms with Crippen molar-refractivity contribution in [1.82, 2.24) is 0 Å². The van der Waals surface area contributed by atoms with Crippen LogP contribution < -0.4 is 0 Å². The Morgan fingerprint density at radius 1 is 1.00 bits per heavy atom. The first-order valence-electron chi connectivity index (χ1n) is 8.73. The van der Waals surface area contributed by atoms with Crippen LogP contribution in [0.5, 0.6) is 0 Å². The van der Waals surface area contributed by atoms with Crippen molar-refractivity contribution in [2.45, 2.75) is 13.8 Å². The molecule has 6 heteroatoms. The molecule has 5 nitrogen and oxygen atoms in total. The van der Waals surface area contributed by atoms with E-state index in [2.05, 4.69) is 0 Å². The smallest absolute Gasteiger partial charge is 0.338 e. The van der Waals surface area contributed by atoms with E-state index in [-0.39, 0.29) is 17.9 Å². The predicted molar refractivity (Wildman–Crippen MR) is 110 cm³/mol. The molecular weight excluding hydrogens is 378 g/mol. The Balaban J connectivity index is 2.28. The molecule has 0 aliphatic heterocycles. The lowest BCUT2D eigenvalue weighted by Gasteiger charge is -2.13. The summed E-state index contributed by atoms with van der Waals surface area (Å²) in [6.07, 6.45) is 0. The van der Waals surface area contributed by atoms with E-state index in [9.17, 15) is 14.9 Å². The van der Waals surface area contributed by atoms with Gasteiger partial charge in [0.15, 0.2) is 0 Å². The number of benzene rings is 3. The summed E-state index contributed by atoms with van der Waals surface area (Å²) in [7, 11) is 0. The average Bonchev–Trinajstić information content (AvgIpc) is 2.68. The quantitative estimate of drug-likeness (QED) is 0.299. The summed E-state index contributed by atoms with van der Waals surface area (Å²) >= 11 is 5.95. The third-order valence-corrected chi connectivity index (χ3v) is 4.60. The number of halogens is 1. The highest BCUT2D eigenvalue weighted by Gasteiger charge is 2.24. The van der Waals surface area contributed by atoms with Gasteiger partial charge in [0, 0.05) is 16.7 Å². The highest BCUT2D eigenvalue weighted by atomic mass is 35.5. The number of esters is 1. The molecule has 0 heterocycles. The van der Waals surface area contributed by atoms with Gasteiger partial charge in [-0.15, -0.1) is 0 Å². The molecule has 0 aliphatic rings. The van der Waals surface area contributed by atoms with Gasteiger partial charge in [-0.25, -0.2) is 4.79 Å². The molecule has 0 atom stereocenters. The van der Waals surface area contributed by atoms with Crippen molar-refractivity contribution in [3.05, 3.63) is 86.9 Å². The Bertz CT molecular complexity index is 1030. The maximum absolute atomic E-state index is 12.6. The largest absolute Gasteiger partial charge is 0.462 e. The molecule has 0 radical (unpaired) electrons. The van der Waals surface area contributed by atoms with Crippen molar-refractivity contribution < 1.29 is 14.5 Å². The summed E-state index contributed by atoms with van der Waals surface area (Å²) in [5, 5.41) is 12.3. The molecule has 3 aromatic rings. The van der Waals surface area contributed by atoms with Gasteiger partial charge in [-0.05, 0) is 43.2 Å². The maximum atomic E-state index is 12.6. The summed E-state index contributed by atoms with van der Waals surface area (Å²) < 4.78 is 5.19. The Hall–Kier alpha value is -3.18. The molecule has 0 aliphatic carbocycles. The van der Waals surface area contributed by atoms with Gasteiger partial charge in [-0.3, -0.25) is 10.1 Å². The Kier molecular flexibility index (Phi) is 5.76. The van der Waals surface area contributed by atoms with Crippen LogP contribution in [0.25, 0.3) is 22.3 Å². The number of carbonyl (C=O) groups is 1. The van der Waals surface area contributed by atoms with Crippen molar-refractivity contribution in [2.24, 2.45) is 0 Å².